The number of benzene rings is 1. The van der Waals surface area contributed by atoms with E-state index in [1.807, 2.05) is 31.2 Å². The number of nitrogens with one attached hydrogen (secondary N) is 2. The summed E-state index contributed by atoms with van der Waals surface area (Å²) in [6.07, 6.45) is 4.82. The van der Waals surface area contributed by atoms with E-state index in [1.54, 1.807) is 6.92 Å². The van der Waals surface area contributed by atoms with Gasteiger partial charge in [-0.2, -0.15) is 10.4 Å². The Morgan fingerprint density at radius 1 is 1.20 bits per heavy atom. The first-order valence-electron chi connectivity index (χ1n) is 13.7. The van der Waals surface area contributed by atoms with Crippen molar-refractivity contribution < 1.29 is 13.4 Å². The van der Waals surface area contributed by atoms with Crippen LogP contribution in [-0.4, -0.2) is 55.5 Å². The van der Waals surface area contributed by atoms with Crippen LogP contribution in [0.2, 0.25) is 0 Å². The third kappa shape index (κ3) is 5.59. The normalized spacial score (nSPS) is 21.4. The van der Waals surface area contributed by atoms with E-state index in [2.05, 4.69) is 21.3 Å². The molecule has 5 rings (SSSR count). The first-order chi connectivity index (χ1) is 19.2. The third-order valence-corrected chi connectivity index (χ3v) is 9.68. The third-order valence-electron chi connectivity index (χ3n) is 7.99. The number of hydrogen-bond donors (Lipinski definition) is 2. The molecule has 1 aliphatic heterocycles. The lowest BCUT2D eigenvalue weighted by Gasteiger charge is -2.31. The number of rotatable bonds is 6. The zero-order valence-corrected chi connectivity index (χ0v) is 23.6. The van der Waals surface area contributed by atoms with E-state index >= 15 is 0 Å². The minimum absolute atomic E-state index is 0.103. The van der Waals surface area contributed by atoms with Gasteiger partial charge in [0.1, 0.15) is 6.04 Å². The molecule has 3 atom stereocenters. The summed E-state index contributed by atoms with van der Waals surface area (Å²) in [6, 6.07) is 12.4. The number of pyridine rings is 1. The molecule has 1 aromatic carbocycles. The van der Waals surface area contributed by atoms with Crippen LogP contribution in [0.25, 0.3) is 16.9 Å². The fourth-order valence-corrected chi connectivity index (χ4v) is 7.07. The van der Waals surface area contributed by atoms with Gasteiger partial charge in [0.25, 0.3) is 0 Å². The number of aromatic nitrogens is 3. The number of halogens is 1. The molecule has 9 nitrogen and oxygen atoms in total. The minimum Gasteiger partial charge on any atom is -0.370 e. The largest absolute Gasteiger partial charge is 0.370 e. The fourth-order valence-electron chi connectivity index (χ4n) is 5.83. The van der Waals surface area contributed by atoms with E-state index in [9.17, 15) is 18.7 Å². The van der Waals surface area contributed by atoms with Gasteiger partial charge in [-0.15, -0.1) is 0 Å². The first kappa shape index (κ1) is 27.8. The average Bonchev–Trinajstić information content (AvgIpc) is 3.29. The summed E-state index contributed by atoms with van der Waals surface area (Å²) in [5, 5.41) is 17.0. The molecule has 11 heteroatoms. The Balaban J connectivity index is 1.57. The molecule has 2 N–H and O–H groups in total. The summed E-state index contributed by atoms with van der Waals surface area (Å²) in [5.74, 6) is -0.385. The molecular formula is C29H34FN7O2S. The SMILES string of the molecule is Cc1c(-c2ccc(N3CCS(=N)(=O)CC3)cc2)c([C@@H]2CCCC[C@H]2C(=O)N[C@@H](C)C#N)nn1-c1ncccc1F. The van der Waals surface area contributed by atoms with Gasteiger partial charge in [0.2, 0.25) is 5.91 Å². The summed E-state index contributed by atoms with van der Waals surface area (Å²) in [7, 11) is -2.49. The quantitative estimate of drug-likeness (QED) is 0.453. The van der Waals surface area contributed by atoms with E-state index in [4.69, 9.17) is 9.88 Å². The molecule has 3 aromatic rings. The van der Waals surface area contributed by atoms with Crippen LogP contribution in [0.3, 0.4) is 0 Å². The van der Waals surface area contributed by atoms with E-state index in [1.165, 1.54) is 23.0 Å². The monoisotopic (exact) mass is 563 g/mol. The molecule has 40 heavy (non-hydrogen) atoms. The van der Waals surface area contributed by atoms with Crippen molar-refractivity contribution in [2.75, 3.05) is 29.5 Å². The maximum atomic E-state index is 14.9. The molecule has 0 bridgehead atoms. The molecular weight excluding hydrogens is 529 g/mol. The van der Waals surface area contributed by atoms with Gasteiger partial charge < -0.3 is 10.2 Å². The van der Waals surface area contributed by atoms with E-state index < -0.39 is 21.6 Å². The summed E-state index contributed by atoms with van der Waals surface area (Å²) >= 11 is 0. The second-order valence-electron chi connectivity index (χ2n) is 10.7. The lowest BCUT2D eigenvalue weighted by atomic mass is 9.75. The summed E-state index contributed by atoms with van der Waals surface area (Å²) in [4.78, 5) is 19.7. The van der Waals surface area contributed by atoms with Gasteiger partial charge in [0.15, 0.2) is 11.6 Å². The Bertz CT molecular complexity index is 1530. The number of carbonyl (C=O) groups excluding carboxylic acids is 1. The van der Waals surface area contributed by atoms with Gasteiger partial charge in [-0.05, 0) is 56.5 Å². The van der Waals surface area contributed by atoms with Crippen LogP contribution in [0.5, 0.6) is 0 Å². The van der Waals surface area contributed by atoms with Crippen molar-refractivity contribution in [3.63, 3.8) is 0 Å². The van der Waals surface area contributed by atoms with E-state index in [-0.39, 0.29) is 23.6 Å². The van der Waals surface area contributed by atoms with Gasteiger partial charge in [-0.25, -0.2) is 18.3 Å². The molecule has 0 spiro atoms. The van der Waals surface area contributed by atoms with Crippen LogP contribution in [0, 0.1) is 34.8 Å². The topological polar surface area (TPSA) is 128 Å². The Labute approximate surface area is 234 Å². The average molecular weight is 564 g/mol. The zero-order chi connectivity index (χ0) is 28.4. The van der Waals surface area contributed by atoms with E-state index in [0.29, 0.717) is 31.0 Å². The number of anilines is 1. The van der Waals surface area contributed by atoms with Crippen LogP contribution in [0.1, 0.15) is 49.9 Å². The van der Waals surface area contributed by atoms with Crippen LogP contribution in [-0.2, 0) is 14.5 Å². The van der Waals surface area contributed by atoms with Gasteiger partial charge in [-0.1, -0.05) is 25.0 Å². The lowest BCUT2D eigenvalue weighted by Crippen LogP contribution is -2.40. The van der Waals surface area contributed by atoms with Crippen molar-refractivity contribution in [2.45, 2.75) is 51.5 Å². The smallest absolute Gasteiger partial charge is 0.224 e. The van der Waals surface area contributed by atoms with Gasteiger partial charge in [0, 0.05) is 63.6 Å². The van der Waals surface area contributed by atoms with Gasteiger partial charge in [0.05, 0.1) is 17.5 Å². The summed E-state index contributed by atoms with van der Waals surface area (Å²) in [6.45, 7) is 4.70. The maximum Gasteiger partial charge on any atom is 0.224 e. The highest BCUT2D eigenvalue weighted by atomic mass is 32.2. The standard InChI is InChI=1S/C29H34FN7O2S/c1-19(18-31)34-29(38)24-7-4-3-6-23(24)27-26(20(2)37(35-27)28-25(30)8-5-13-33-28)21-9-11-22(12-10-21)36-14-16-40(32,39)17-15-36/h5,8-13,19,23-24,32H,3-4,6-7,14-17H2,1-2H3,(H,34,38)/t19-,23+,24+/m0/s1. The van der Waals surface area contributed by atoms with E-state index in [0.717, 1.165) is 47.5 Å². The van der Waals surface area contributed by atoms with Crippen molar-refractivity contribution in [2.24, 2.45) is 5.92 Å². The molecule has 2 aromatic heterocycles. The Morgan fingerprint density at radius 2 is 1.90 bits per heavy atom. The van der Waals surface area contributed by atoms with Crippen molar-refractivity contribution in [3.8, 4) is 23.0 Å². The number of amides is 1. The molecule has 1 saturated carbocycles. The number of nitrogens with zero attached hydrogens (tertiary/aromatic N) is 5. The van der Waals surface area contributed by atoms with Gasteiger partial charge in [-0.3, -0.25) is 9.57 Å². The van der Waals surface area contributed by atoms with Crippen molar-refractivity contribution in [1.29, 1.82) is 10.0 Å². The molecule has 3 heterocycles. The molecule has 1 amide bonds. The van der Waals surface area contributed by atoms with Crippen LogP contribution >= 0.6 is 0 Å². The zero-order valence-electron chi connectivity index (χ0n) is 22.8. The number of hydrogen-bond acceptors (Lipinski definition) is 7. The Morgan fingerprint density at radius 3 is 2.58 bits per heavy atom. The molecule has 1 aliphatic carbocycles. The number of carbonyl (C=O) groups is 1. The minimum atomic E-state index is -2.49. The van der Waals surface area contributed by atoms with Gasteiger partial charge >= 0.3 is 0 Å². The van der Waals surface area contributed by atoms with Crippen molar-refractivity contribution in [1.82, 2.24) is 20.1 Å². The molecule has 210 valence electrons. The first-order valence-corrected chi connectivity index (χ1v) is 15.6. The van der Waals surface area contributed by atoms with Crippen molar-refractivity contribution in [3.05, 3.63) is 59.8 Å². The molecule has 1 saturated heterocycles. The highest BCUT2D eigenvalue weighted by Gasteiger charge is 2.37. The summed E-state index contributed by atoms with van der Waals surface area (Å²) < 4.78 is 36.4. The summed E-state index contributed by atoms with van der Waals surface area (Å²) in [5.41, 5.74) is 4.19. The predicted octanol–water partition coefficient (Wildman–Crippen LogP) is 4.55. The number of nitriles is 1. The van der Waals surface area contributed by atoms with Crippen molar-refractivity contribution >= 4 is 21.3 Å². The second-order valence-corrected chi connectivity index (χ2v) is 13.1. The lowest BCUT2D eigenvalue weighted by molar-refractivity contribution is -0.126. The highest BCUT2D eigenvalue weighted by molar-refractivity contribution is 7.92. The molecule has 0 unspecified atom stereocenters. The Kier molecular flexibility index (Phi) is 7.90. The predicted molar refractivity (Wildman–Crippen MR) is 152 cm³/mol. The van der Waals surface area contributed by atoms with Crippen LogP contribution in [0.15, 0.2) is 42.6 Å². The van der Waals surface area contributed by atoms with Crippen LogP contribution < -0.4 is 10.2 Å². The van der Waals surface area contributed by atoms with Crippen LogP contribution in [0.4, 0.5) is 10.1 Å². The maximum absolute atomic E-state index is 14.9. The molecule has 0 radical (unpaired) electrons. The fraction of sp³-hybridized carbons (Fsp3) is 0.448. The molecule has 2 aliphatic rings. The molecule has 2 fully saturated rings. The Hall–Kier alpha value is -3.78. The highest BCUT2D eigenvalue weighted by Crippen LogP contribution is 2.43. The second kappa shape index (κ2) is 11.4.